The lowest BCUT2D eigenvalue weighted by atomic mass is 10.1. The van der Waals surface area contributed by atoms with E-state index in [0.717, 1.165) is 12.8 Å². The Bertz CT molecular complexity index is 205. The van der Waals surface area contributed by atoms with E-state index < -0.39 is 11.7 Å². The molecule has 1 aliphatic heterocycles. The summed E-state index contributed by atoms with van der Waals surface area (Å²) >= 11 is 0. The molecule has 1 unspecified atom stereocenters. The van der Waals surface area contributed by atoms with Gasteiger partial charge in [0.15, 0.2) is 5.83 Å². The van der Waals surface area contributed by atoms with Crippen LogP contribution in [0.1, 0.15) is 12.8 Å². The van der Waals surface area contributed by atoms with E-state index in [-0.39, 0.29) is 6.04 Å². The van der Waals surface area contributed by atoms with Crippen molar-refractivity contribution in [1.29, 1.82) is 0 Å². The molecule has 3 nitrogen and oxygen atoms in total. The summed E-state index contributed by atoms with van der Waals surface area (Å²) in [6.45, 7) is 4.00. The number of carbonyl (C=O) groups excluding carboxylic acids is 1. The molecule has 1 atom stereocenters. The van der Waals surface area contributed by atoms with E-state index in [4.69, 9.17) is 5.73 Å². The summed E-state index contributed by atoms with van der Waals surface area (Å²) in [5.41, 5.74) is 5.62. The van der Waals surface area contributed by atoms with Crippen LogP contribution in [0.4, 0.5) is 4.39 Å². The minimum Gasteiger partial charge on any atom is -0.335 e. The first kappa shape index (κ1) is 9.19. The summed E-state index contributed by atoms with van der Waals surface area (Å²) in [4.78, 5) is 12.5. The zero-order valence-electron chi connectivity index (χ0n) is 6.92. The molecule has 1 saturated heterocycles. The standard InChI is InChI=1S/C8H13FN2O/c1-6(9)8(12)11-4-2-3-7(10)5-11/h7H,1-5,10H2. The van der Waals surface area contributed by atoms with Crippen molar-refractivity contribution in [1.82, 2.24) is 4.90 Å². The lowest BCUT2D eigenvalue weighted by molar-refractivity contribution is -0.129. The van der Waals surface area contributed by atoms with Crippen LogP contribution in [0.2, 0.25) is 0 Å². The van der Waals surface area contributed by atoms with E-state index in [1.165, 1.54) is 4.90 Å². The van der Waals surface area contributed by atoms with Crippen molar-refractivity contribution < 1.29 is 9.18 Å². The van der Waals surface area contributed by atoms with Gasteiger partial charge in [0, 0.05) is 19.1 Å². The van der Waals surface area contributed by atoms with E-state index in [1.54, 1.807) is 0 Å². The quantitative estimate of drug-likeness (QED) is 0.583. The third-order valence-electron chi connectivity index (χ3n) is 1.98. The maximum atomic E-state index is 12.4. The highest BCUT2D eigenvalue weighted by Crippen LogP contribution is 2.11. The van der Waals surface area contributed by atoms with E-state index >= 15 is 0 Å². The fourth-order valence-electron chi connectivity index (χ4n) is 1.37. The van der Waals surface area contributed by atoms with Crippen LogP contribution < -0.4 is 5.73 Å². The lowest BCUT2D eigenvalue weighted by Crippen LogP contribution is -2.45. The smallest absolute Gasteiger partial charge is 0.282 e. The van der Waals surface area contributed by atoms with E-state index in [9.17, 15) is 9.18 Å². The fraction of sp³-hybridized carbons (Fsp3) is 0.625. The fourth-order valence-corrected chi connectivity index (χ4v) is 1.37. The molecule has 0 saturated carbocycles. The normalized spacial score (nSPS) is 23.8. The lowest BCUT2D eigenvalue weighted by Gasteiger charge is -2.29. The number of amides is 1. The van der Waals surface area contributed by atoms with Crippen LogP contribution in [0.3, 0.4) is 0 Å². The van der Waals surface area contributed by atoms with E-state index in [2.05, 4.69) is 6.58 Å². The third-order valence-corrected chi connectivity index (χ3v) is 1.98. The monoisotopic (exact) mass is 172 g/mol. The summed E-state index contributed by atoms with van der Waals surface area (Å²) < 4.78 is 12.4. The molecule has 1 amide bonds. The Balaban J connectivity index is 2.51. The molecule has 1 heterocycles. The van der Waals surface area contributed by atoms with Crippen molar-refractivity contribution in [3.63, 3.8) is 0 Å². The summed E-state index contributed by atoms with van der Waals surface area (Å²) in [5, 5.41) is 0. The van der Waals surface area contributed by atoms with Gasteiger partial charge < -0.3 is 10.6 Å². The van der Waals surface area contributed by atoms with Gasteiger partial charge in [-0.1, -0.05) is 6.58 Å². The Morgan fingerprint density at radius 2 is 2.33 bits per heavy atom. The highest BCUT2D eigenvalue weighted by molar-refractivity contribution is 5.90. The first-order valence-corrected chi connectivity index (χ1v) is 4.00. The number of hydrogen-bond donors (Lipinski definition) is 1. The van der Waals surface area contributed by atoms with Gasteiger partial charge in [0.1, 0.15) is 0 Å². The molecule has 0 aromatic rings. The van der Waals surface area contributed by atoms with Gasteiger partial charge in [-0.15, -0.1) is 0 Å². The van der Waals surface area contributed by atoms with Crippen molar-refractivity contribution in [3.05, 3.63) is 12.4 Å². The van der Waals surface area contributed by atoms with E-state index in [0.29, 0.717) is 13.1 Å². The average Bonchev–Trinajstić information content (AvgIpc) is 2.03. The van der Waals surface area contributed by atoms with Gasteiger partial charge in [-0.2, -0.15) is 0 Å². The largest absolute Gasteiger partial charge is 0.335 e. The van der Waals surface area contributed by atoms with Gasteiger partial charge >= 0.3 is 0 Å². The molecule has 0 spiro atoms. The molecule has 0 aromatic heterocycles. The van der Waals surface area contributed by atoms with Gasteiger partial charge in [-0.25, -0.2) is 4.39 Å². The number of carbonyl (C=O) groups is 1. The van der Waals surface area contributed by atoms with Crippen LogP contribution in [0.15, 0.2) is 12.4 Å². The molecule has 1 rings (SSSR count). The van der Waals surface area contributed by atoms with Crippen molar-refractivity contribution in [2.24, 2.45) is 5.73 Å². The minimum absolute atomic E-state index is 0.0120. The number of nitrogens with zero attached hydrogens (tertiary/aromatic N) is 1. The molecule has 0 bridgehead atoms. The Hall–Kier alpha value is -0.900. The topological polar surface area (TPSA) is 46.3 Å². The maximum Gasteiger partial charge on any atom is 0.282 e. The van der Waals surface area contributed by atoms with Gasteiger partial charge in [0.25, 0.3) is 5.91 Å². The summed E-state index contributed by atoms with van der Waals surface area (Å²) in [5.74, 6) is -1.52. The third kappa shape index (κ3) is 2.04. The molecule has 12 heavy (non-hydrogen) atoms. The Labute approximate surface area is 71.0 Å². The van der Waals surface area contributed by atoms with Crippen molar-refractivity contribution in [3.8, 4) is 0 Å². The SMILES string of the molecule is C=C(F)C(=O)N1CCCC(N)C1. The predicted molar refractivity (Wildman–Crippen MR) is 44.0 cm³/mol. The summed E-state index contributed by atoms with van der Waals surface area (Å²) in [6.07, 6.45) is 1.75. The molecule has 4 heteroatoms. The zero-order valence-corrected chi connectivity index (χ0v) is 6.92. The average molecular weight is 172 g/mol. The van der Waals surface area contributed by atoms with Gasteiger partial charge in [0.2, 0.25) is 0 Å². The van der Waals surface area contributed by atoms with Crippen molar-refractivity contribution in [2.45, 2.75) is 18.9 Å². The molecule has 0 aromatic carbocycles. The minimum atomic E-state index is -0.899. The van der Waals surface area contributed by atoms with Crippen molar-refractivity contribution >= 4 is 5.91 Å². The molecular weight excluding hydrogens is 159 g/mol. The second-order valence-corrected chi connectivity index (χ2v) is 3.06. The predicted octanol–water partition coefficient (Wildman–Crippen LogP) is 0.419. The number of nitrogens with two attached hydrogens (primary N) is 1. The number of rotatable bonds is 1. The van der Waals surface area contributed by atoms with Gasteiger partial charge in [0.05, 0.1) is 0 Å². The zero-order chi connectivity index (χ0) is 9.14. The first-order valence-electron chi connectivity index (χ1n) is 4.00. The number of halogens is 1. The molecule has 0 radical (unpaired) electrons. The number of likely N-dealkylation sites (tertiary alicyclic amines) is 1. The highest BCUT2D eigenvalue weighted by atomic mass is 19.1. The van der Waals surface area contributed by atoms with Crippen LogP contribution in [0.25, 0.3) is 0 Å². The molecular formula is C8H13FN2O. The number of hydrogen-bond acceptors (Lipinski definition) is 2. The van der Waals surface area contributed by atoms with E-state index in [1.807, 2.05) is 0 Å². The summed E-state index contributed by atoms with van der Waals surface area (Å²) in [6, 6.07) is -0.0120. The first-order chi connectivity index (χ1) is 5.61. The maximum absolute atomic E-state index is 12.4. The van der Waals surface area contributed by atoms with Gasteiger partial charge in [-0.3, -0.25) is 4.79 Å². The van der Waals surface area contributed by atoms with Crippen LogP contribution in [0.5, 0.6) is 0 Å². The van der Waals surface area contributed by atoms with Crippen LogP contribution in [-0.4, -0.2) is 29.9 Å². The molecule has 0 aliphatic carbocycles. The molecule has 2 N–H and O–H groups in total. The van der Waals surface area contributed by atoms with Crippen molar-refractivity contribution in [2.75, 3.05) is 13.1 Å². The van der Waals surface area contributed by atoms with Crippen LogP contribution >= 0.6 is 0 Å². The Morgan fingerprint density at radius 3 is 2.83 bits per heavy atom. The molecule has 1 aliphatic rings. The second kappa shape index (κ2) is 3.67. The second-order valence-electron chi connectivity index (χ2n) is 3.06. The number of piperidine rings is 1. The summed E-state index contributed by atoms with van der Waals surface area (Å²) in [7, 11) is 0. The Kier molecular flexibility index (Phi) is 2.81. The Morgan fingerprint density at radius 1 is 1.67 bits per heavy atom. The molecule has 1 fully saturated rings. The molecule has 68 valence electrons. The van der Waals surface area contributed by atoms with Crippen LogP contribution in [0, 0.1) is 0 Å². The van der Waals surface area contributed by atoms with Gasteiger partial charge in [-0.05, 0) is 12.8 Å². The van der Waals surface area contributed by atoms with Crippen LogP contribution in [-0.2, 0) is 4.79 Å². The highest BCUT2D eigenvalue weighted by Gasteiger charge is 2.22.